The Hall–Kier alpha value is -2.31. The second-order valence-electron chi connectivity index (χ2n) is 4.27. The van der Waals surface area contributed by atoms with Gasteiger partial charge in [0.25, 0.3) is 15.8 Å². The van der Waals surface area contributed by atoms with Crippen LogP contribution in [0.2, 0.25) is 0 Å². The number of non-ortho nitro benzene ring substituents is 1. The lowest BCUT2D eigenvalue weighted by atomic mass is 10.1. The molecule has 2 aromatic heterocycles. The maximum Gasteiger partial charge on any atom is 0.269 e. The predicted molar refractivity (Wildman–Crippen MR) is 79.8 cm³/mol. The van der Waals surface area contributed by atoms with E-state index in [2.05, 4.69) is 0 Å². The van der Waals surface area contributed by atoms with Crippen molar-refractivity contribution in [2.75, 3.05) is 0 Å². The Morgan fingerprint density at radius 2 is 1.90 bits per heavy atom. The molecule has 3 aromatic rings. The molecular formula is C14H8ClN2O3S+. The molecule has 0 saturated carbocycles. The van der Waals surface area contributed by atoms with Gasteiger partial charge in [0, 0.05) is 29.8 Å². The van der Waals surface area contributed by atoms with Crippen LogP contribution in [0.4, 0.5) is 5.69 Å². The Morgan fingerprint density at radius 1 is 1.19 bits per heavy atom. The standard InChI is InChI=1S/C14H8ClN2O3S/c15-14(18)13-12(16-8-2-1-3-11(16)21-13)9-4-6-10(7-5-9)17(19)20/h1-8H/q+1. The molecule has 21 heavy (non-hydrogen) atoms. The number of benzene rings is 1. The van der Waals surface area contributed by atoms with Gasteiger partial charge in [0.05, 0.1) is 4.92 Å². The summed E-state index contributed by atoms with van der Waals surface area (Å²) in [6, 6.07) is 11.6. The molecule has 0 atom stereocenters. The Kier molecular flexibility index (Phi) is 3.40. The molecule has 5 nitrogen and oxygen atoms in total. The largest absolute Gasteiger partial charge is 0.274 e. The number of carbonyl (C=O) groups excluding carboxylic acids is 1. The van der Waals surface area contributed by atoms with Crippen LogP contribution < -0.4 is 4.40 Å². The second kappa shape index (κ2) is 5.23. The highest BCUT2D eigenvalue weighted by molar-refractivity contribution is 7.20. The van der Waals surface area contributed by atoms with Gasteiger partial charge in [-0.05, 0) is 29.8 Å². The highest BCUT2D eigenvalue weighted by Gasteiger charge is 2.26. The monoisotopic (exact) mass is 319 g/mol. The van der Waals surface area contributed by atoms with Crippen LogP contribution in [0.15, 0.2) is 48.7 Å². The van der Waals surface area contributed by atoms with Crippen LogP contribution in [-0.2, 0) is 0 Å². The van der Waals surface area contributed by atoms with Gasteiger partial charge in [-0.3, -0.25) is 14.9 Å². The van der Waals surface area contributed by atoms with Gasteiger partial charge in [0.1, 0.15) is 0 Å². The minimum absolute atomic E-state index is 0.00188. The van der Waals surface area contributed by atoms with Gasteiger partial charge < -0.3 is 0 Å². The first-order valence-corrected chi connectivity index (χ1v) is 7.15. The Labute approximate surface area is 128 Å². The molecule has 104 valence electrons. The molecule has 0 radical (unpaired) electrons. The smallest absolute Gasteiger partial charge is 0.269 e. The summed E-state index contributed by atoms with van der Waals surface area (Å²) in [4.78, 5) is 23.2. The van der Waals surface area contributed by atoms with Gasteiger partial charge in [-0.25, -0.2) is 0 Å². The first kappa shape index (κ1) is 13.7. The fourth-order valence-electron chi connectivity index (χ4n) is 2.10. The van der Waals surface area contributed by atoms with Crippen molar-refractivity contribution in [1.82, 2.24) is 0 Å². The molecule has 0 aliphatic rings. The third-order valence-corrected chi connectivity index (χ3v) is 4.44. The van der Waals surface area contributed by atoms with E-state index in [9.17, 15) is 14.9 Å². The maximum absolute atomic E-state index is 11.6. The van der Waals surface area contributed by atoms with Crippen molar-refractivity contribution in [3.63, 3.8) is 0 Å². The fourth-order valence-corrected chi connectivity index (χ4v) is 3.31. The third-order valence-electron chi connectivity index (χ3n) is 3.02. The number of carbonyl (C=O) groups is 1. The zero-order chi connectivity index (χ0) is 15.0. The lowest BCUT2D eigenvalue weighted by Gasteiger charge is -1.96. The molecular weight excluding hydrogens is 312 g/mol. The summed E-state index contributed by atoms with van der Waals surface area (Å²) in [5, 5.41) is 10.2. The molecule has 0 unspecified atom stereocenters. The van der Waals surface area contributed by atoms with E-state index in [0.717, 1.165) is 4.83 Å². The lowest BCUT2D eigenvalue weighted by molar-refractivity contribution is -0.495. The first-order chi connectivity index (χ1) is 10.1. The summed E-state index contributed by atoms with van der Waals surface area (Å²) < 4.78 is 1.85. The Balaban J connectivity index is 2.25. The number of pyridine rings is 1. The number of halogens is 1. The minimum Gasteiger partial charge on any atom is -0.274 e. The number of aromatic nitrogens is 1. The minimum atomic E-state index is -0.544. The number of thiazole rings is 1. The van der Waals surface area contributed by atoms with Gasteiger partial charge in [-0.2, -0.15) is 0 Å². The second-order valence-corrected chi connectivity index (χ2v) is 5.64. The summed E-state index contributed by atoms with van der Waals surface area (Å²) in [7, 11) is 0. The van der Waals surface area contributed by atoms with Crippen molar-refractivity contribution in [2.45, 2.75) is 0 Å². The molecule has 0 N–H and O–H groups in total. The van der Waals surface area contributed by atoms with Crippen LogP contribution in [0.25, 0.3) is 16.1 Å². The molecule has 0 amide bonds. The average molecular weight is 320 g/mol. The summed E-state index contributed by atoms with van der Waals surface area (Å²) in [6.07, 6.45) is 1.83. The van der Waals surface area contributed by atoms with E-state index < -0.39 is 10.2 Å². The summed E-state index contributed by atoms with van der Waals surface area (Å²) in [5.74, 6) is 0. The number of nitro groups is 1. The fraction of sp³-hybridized carbons (Fsp3) is 0. The van der Waals surface area contributed by atoms with Crippen molar-refractivity contribution < 1.29 is 14.1 Å². The van der Waals surface area contributed by atoms with Crippen LogP contribution in [0.1, 0.15) is 9.67 Å². The van der Waals surface area contributed by atoms with Crippen molar-refractivity contribution in [1.29, 1.82) is 0 Å². The molecule has 0 aliphatic heterocycles. The van der Waals surface area contributed by atoms with E-state index in [-0.39, 0.29) is 5.69 Å². The molecule has 0 fully saturated rings. The van der Waals surface area contributed by atoms with Gasteiger partial charge in [0.15, 0.2) is 11.1 Å². The van der Waals surface area contributed by atoms with Gasteiger partial charge in [-0.15, -0.1) is 4.40 Å². The third kappa shape index (κ3) is 2.39. The summed E-state index contributed by atoms with van der Waals surface area (Å²) in [6.45, 7) is 0. The topological polar surface area (TPSA) is 64.3 Å². The molecule has 3 rings (SSSR count). The Bertz CT molecular complexity index is 858. The van der Waals surface area contributed by atoms with Gasteiger partial charge in [-0.1, -0.05) is 11.3 Å². The lowest BCUT2D eigenvalue weighted by Crippen LogP contribution is -2.21. The number of hydrogen-bond acceptors (Lipinski definition) is 4. The highest BCUT2D eigenvalue weighted by atomic mass is 35.5. The Morgan fingerprint density at radius 3 is 2.52 bits per heavy atom. The zero-order valence-electron chi connectivity index (χ0n) is 10.5. The van der Waals surface area contributed by atoms with Crippen LogP contribution >= 0.6 is 22.9 Å². The number of nitrogens with zero attached hydrogens (tertiary/aromatic N) is 2. The van der Waals surface area contributed by atoms with E-state index in [4.69, 9.17) is 11.6 Å². The van der Waals surface area contributed by atoms with Crippen LogP contribution in [-0.4, -0.2) is 10.2 Å². The average Bonchev–Trinajstić information content (AvgIpc) is 2.87. The molecule has 2 heterocycles. The summed E-state index contributed by atoms with van der Waals surface area (Å²) in [5.41, 5.74) is 1.35. The van der Waals surface area contributed by atoms with E-state index >= 15 is 0 Å². The molecule has 7 heteroatoms. The number of hydrogen-bond donors (Lipinski definition) is 0. The SMILES string of the molecule is O=C(Cl)c1sc2cccc[n+]2c1-c1ccc([N+](=O)[O-])cc1. The number of rotatable bonds is 3. The van der Waals surface area contributed by atoms with E-state index in [1.54, 1.807) is 12.1 Å². The predicted octanol–water partition coefficient (Wildman–Crippen LogP) is 3.44. The molecule has 0 bridgehead atoms. The van der Waals surface area contributed by atoms with Gasteiger partial charge >= 0.3 is 0 Å². The first-order valence-electron chi connectivity index (χ1n) is 5.96. The molecule has 0 spiro atoms. The highest BCUT2D eigenvalue weighted by Crippen LogP contribution is 2.29. The van der Waals surface area contributed by atoms with Crippen molar-refractivity contribution in [2.24, 2.45) is 0 Å². The molecule has 0 saturated heterocycles. The van der Waals surface area contributed by atoms with Gasteiger partial charge in [0.2, 0.25) is 5.69 Å². The van der Waals surface area contributed by atoms with Crippen molar-refractivity contribution in [3.05, 3.63) is 63.7 Å². The quantitative estimate of drug-likeness (QED) is 0.321. The van der Waals surface area contributed by atoms with E-state index in [1.807, 2.05) is 28.8 Å². The number of fused-ring (bicyclic) bond motifs is 1. The van der Waals surface area contributed by atoms with E-state index in [1.165, 1.54) is 23.5 Å². The van der Waals surface area contributed by atoms with Crippen LogP contribution in [0, 0.1) is 10.1 Å². The van der Waals surface area contributed by atoms with Crippen molar-refractivity contribution >= 4 is 38.7 Å². The maximum atomic E-state index is 11.6. The van der Waals surface area contributed by atoms with Crippen molar-refractivity contribution in [3.8, 4) is 11.3 Å². The zero-order valence-corrected chi connectivity index (χ0v) is 12.1. The van der Waals surface area contributed by atoms with Crippen LogP contribution in [0.3, 0.4) is 0 Å². The van der Waals surface area contributed by atoms with E-state index in [0.29, 0.717) is 16.1 Å². The molecule has 1 aromatic carbocycles. The summed E-state index contributed by atoms with van der Waals surface area (Å²) >= 11 is 6.95. The number of nitro benzene ring substituents is 1. The normalized spacial score (nSPS) is 10.7. The van der Waals surface area contributed by atoms with Crippen LogP contribution in [0.5, 0.6) is 0 Å². The molecule has 0 aliphatic carbocycles.